The van der Waals surface area contributed by atoms with E-state index in [0.717, 1.165) is 26.3 Å². The van der Waals surface area contributed by atoms with Gasteiger partial charge in [0.05, 0.1) is 7.11 Å². The molecule has 1 fully saturated rings. The first kappa shape index (κ1) is 9.29. The van der Waals surface area contributed by atoms with Gasteiger partial charge in [0.25, 0.3) is 0 Å². The Morgan fingerprint density at radius 2 is 2.58 bits per heavy atom. The average Bonchev–Trinajstić information content (AvgIpc) is 2.57. The number of hydrogen-bond acceptors (Lipinski definition) is 3. The highest BCUT2D eigenvalue weighted by Gasteiger charge is 2.07. The molecule has 0 bridgehead atoms. The third-order valence-corrected chi connectivity index (χ3v) is 1.87. The molecule has 1 aliphatic rings. The third-order valence-electron chi connectivity index (χ3n) is 1.87. The Bertz CT molecular complexity index is 171. The first-order valence-corrected chi connectivity index (χ1v) is 4.15. The van der Waals surface area contributed by atoms with Gasteiger partial charge in [-0.25, -0.2) is 0 Å². The molecule has 0 unspecified atom stereocenters. The second kappa shape index (κ2) is 4.95. The van der Waals surface area contributed by atoms with Crippen molar-refractivity contribution in [3.8, 4) is 0 Å². The van der Waals surface area contributed by atoms with E-state index in [4.69, 9.17) is 4.74 Å². The second-order valence-corrected chi connectivity index (χ2v) is 2.81. The van der Waals surface area contributed by atoms with Crippen LogP contribution in [0.3, 0.4) is 0 Å². The lowest BCUT2D eigenvalue weighted by Crippen LogP contribution is -2.21. The van der Waals surface area contributed by atoms with Crippen LogP contribution >= 0.6 is 0 Å². The van der Waals surface area contributed by atoms with Crippen LogP contribution in [0.4, 0.5) is 0 Å². The number of methoxy groups -OCH3 is 1. The monoisotopic (exact) mass is 168 g/mol. The van der Waals surface area contributed by atoms with Gasteiger partial charge in [-0.1, -0.05) is 12.7 Å². The Morgan fingerprint density at radius 3 is 3.17 bits per heavy atom. The van der Waals surface area contributed by atoms with Gasteiger partial charge < -0.3 is 10.1 Å². The molecule has 0 aromatic carbocycles. The molecule has 1 aliphatic heterocycles. The van der Waals surface area contributed by atoms with Gasteiger partial charge in [0.15, 0.2) is 0 Å². The molecule has 1 rings (SSSR count). The molecule has 0 aromatic heterocycles. The molecular weight excluding hydrogens is 152 g/mol. The van der Waals surface area contributed by atoms with Crippen LogP contribution in [0.15, 0.2) is 24.5 Å². The first-order chi connectivity index (χ1) is 5.83. The molecule has 1 N–H and O–H groups in total. The van der Waals surface area contributed by atoms with Crippen molar-refractivity contribution in [3.63, 3.8) is 0 Å². The van der Waals surface area contributed by atoms with E-state index in [-0.39, 0.29) is 0 Å². The van der Waals surface area contributed by atoms with E-state index in [1.807, 2.05) is 6.08 Å². The minimum atomic E-state index is 0.710. The summed E-state index contributed by atoms with van der Waals surface area (Å²) in [6, 6.07) is 0. The Morgan fingerprint density at radius 1 is 1.75 bits per heavy atom. The third kappa shape index (κ3) is 3.07. The van der Waals surface area contributed by atoms with Gasteiger partial charge in [-0.2, -0.15) is 0 Å². The van der Waals surface area contributed by atoms with E-state index in [1.54, 1.807) is 7.11 Å². The molecule has 1 saturated heterocycles. The molecule has 0 radical (unpaired) electrons. The zero-order chi connectivity index (χ0) is 8.81. The van der Waals surface area contributed by atoms with Gasteiger partial charge in [-0.3, -0.25) is 4.90 Å². The van der Waals surface area contributed by atoms with Crippen molar-refractivity contribution in [2.24, 2.45) is 0 Å². The average molecular weight is 168 g/mol. The first-order valence-electron chi connectivity index (χ1n) is 4.15. The fraction of sp³-hybridized carbons (Fsp3) is 0.556. The molecule has 0 atom stereocenters. The smallest absolute Gasteiger partial charge is 0.111 e. The maximum atomic E-state index is 4.90. The van der Waals surface area contributed by atoms with Crippen LogP contribution < -0.4 is 5.32 Å². The Balaban J connectivity index is 2.15. The summed E-state index contributed by atoms with van der Waals surface area (Å²) in [4.78, 5) is 2.32. The Kier molecular flexibility index (Phi) is 3.84. The van der Waals surface area contributed by atoms with Crippen molar-refractivity contribution < 1.29 is 4.74 Å². The second-order valence-electron chi connectivity index (χ2n) is 2.81. The van der Waals surface area contributed by atoms with Gasteiger partial charge in [-0.15, -0.1) is 0 Å². The van der Waals surface area contributed by atoms with E-state index in [2.05, 4.69) is 22.9 Å². The van der Waals surface area contributed by atoms with E-state index in [1.165, 1.54) is 0 Å². The normalized spacial score (nSPS) is 18.8. The molecular formula is C9H16N2O. The molecule has 3 heteroatoms. The minimum Gasteiger partial charge on any atom is -0.497 e. The van der Waals surface area contributed by atoms with Crippen LogP contribution in [0.1, 0.15) is 0 Å². The lowest BCUT2D eigenvalue weighted by Gasteiger charge is -2.09. The number of nitrogens with one attached hydrogen (secondary N) is 1. The summed E-state index contributed by atoms with van der Waals surface area (Å²) in [5.74, 6) is 0.710. The van der Waals surface area contributed by atoms with Crippen LogP contribution in [-0.2, 0) is 4.74 Å². The summed E-state index contributed by atoms with van der Waals surface area (Å²) in [6.07, 6.45) is 3.97. The summed E-state index contributed by atoms with van der Waals surface area (Å²) < 4.78 is 4.90. The van der Waals surface area contributed by atoms with E-state index >= 15 is 0 Å². The number of ether oxygens (including phenoxy) is 1. The van der Waals surface area contributed by atoms with Crippen molar-refractivity contribution in [2.75, 3.05) is 33.4 Å². The highest BCUT2D eigenvalue weighted by Crippen LogP contribution is 1.95. The predicted molar refractivity (Wildman–Crippen MR) is 49.7 cm³/mol. The molecule has 0 saturated carbocycles. The summed E-state index contributed by atoms with van der Waals surface area (Å²) in [7, 11) is 1.63. The molecule has 12 heavy (non-hydrogen) atoms. The number of rotatable bonds is 4. The van der Waals surface area contributed by atoms with Crippen molar-refractivity contribution in [1.82, 2.24) is 10.2 Å². The SMILES string of the molecule is C=C(/C=C\CN1CCNC1)OC. The minimum absolute atomic E-state index is 0.710. The zero-order valence-electron chi connectivity index (χ0n) is 7.55. The molecule has 0 amide bonds. The lowest BCUT2D eigenvalue weighted by atomic mass is 10.4. The number of nitrogens with zero attached hydrogens (tertiary/aromatic N) is 1. The number of allylic oxidation sites excluding steroid dienone is 1. The molecule has 68 valence electrons. The zero-order valence-corrected chi connectivity index (χ0v) is 7.55. The van der Waals surface area contributed by atoms with Gasteiger partial charge in [0.1, 0.15) is 5.76 Å². The van der Waals surface area contributed by atoms with Gasteiger partial charge >= 0.3 is 0 Å². The van der Waals surface area contributed by atoms with Gasteiger partial charge in [-0.05, 0) is 6.08 Å². The Hall–Kier alpha value is -0.800. The van der Waals surface area contributed by atoms with Gasteiger partial charge in [0, 0.05) is 26.3 Å². The molecule has 0 aromatic rings. The fourth-order valence-electron chi connectivity index (χ4n) is 1.11. The summed E-state index contributed by atoms with van der Waals surface area (Å²) in [5, 5.41) is 3.26. The fourth-order valence-corrected chi connectivity index (χ4v) is 1.11. The van der Waals surface area contributed by atoms with E-state index in [0.29, 0.717) is 5.76 Å². The molecule has 3 nitrogen and oxygen atoms in total. The molecule has 1 heterocycles. The highest BCUT2D eigenvalue weighted by atomic mass is 16.5. The van der Waals surface area contributed by atoms with Crippen LogP contribution in [0.5, 0.6) is 0 Å². The van der Waals surface area contributed by atoms with Crippen molar-refractivity contribution in [3.05, 3.63) is 24.5 Å². The van der Waals surface area contributed by atoms with E-state index in [9.17, 15) is 0 Å². The molecule has 0 aliphatic carbocycles. The summed E-state index contributed by atoms with van der Waals surface area (Å²) in [6.45, 7) is 7.88. The van der Waals surface area contributed by atoms with Gasteiger partial charge in [0.2, 0.25) is 0 Å². The Labute approximate surface area is 73.7 Å². The van der Waals surface area contributed by atoms with Crippen LogP contribution in [-0.4, -0.2) is 38.3 Å². The van der Waals surface area contributed by atoms with Crippen LogP contribution in [0.25, 0.3) is 0 Å². The van der Waals surface area contributed by atoms with Crippen molar-refractivity contribution in [1.29, 1.82) is 0 Å². The van der Waals surface area contributed by atoms with Crippen LogP contribution in [0, 0.1) is 0 Å². The topological polar surface area (TPSA) is 24.5 Å². The van der Waals surface area contributed by atoms with Crippen molar-refractivity contribution >= 4 is 0 Å². The standard InChI is InChI=1S/C9H16N2O/c1-9(12-2)4-3-6-11-7-5-10-8-11/h3-4,10H,1,5-8H2,2H3/b4-3-. The largest absolute Gasteiger partial charge is 0.497 e. The van der Waals surface area contributed by atoms with Crippen LogP contribution in [0.2, 0.25) is 0 Å². The van der Waals surface area contributed by atoms with E-state index < -0.39 is 0 Å². The maximum Gasteiger partial charge on any atom is 0.111 e. The predicted octanol–water partition coefficient (Wildman–Crippen LogP) is 0.565. The molecule has 0 spiro atoms. The summed E-state index contributed by atoms with van der Waals surface area (Å²) >= 11 is 0. The maximum absolute atomic E-state index is 4.90. The number of hydrogen-bond donors (Lipinski definition) is 1. The summed E-state index contributed by atoms with van der Waals surface area (Å²) in [5.41, 5.74) is 0. The lowest BCUT2D eigenvalue weighted by molar-refractivity contribution is 0.308. The quantitative estimate of drug-likeness (QED) is 0.490. The van der Waals surface area contributed by atoms with Crippen molar-refractivity contribution in [2.45, 2.75) is 0 Å². The highest BCUT2D eigenvalue weighted by molar-refractivity contribution is 5.07.